The summed E-state index contributed by atoms with van der Waals surface area (Å²) in [4.78, 5) is 12.3. The van der Waals surface area contributed by atoms with E-state index >= 15 is 0 Å². The molecule has 1 aromatic heterocycles. The number of anilines is 1. The predicted molar refractivity (Wildman–Crippen MR) is 119 cm³/mol. The summed E-state index contributed by atoms with van der Waals surface area (Å²) in [6.07, 6.45) is 1.76. The van der Waals surface area contributed by atoms with Gasteiger partial charge in [0.1, 0.15) is 0 Å². The molecule has 28 heavy (non-hydrogen) atoms. The lowest BCUT2D eigenvalue weighted by molar-refractivity contribution is -0.113. The molecule has 144 valence electrons. The van der Waals surface area contributed by atoms with Gasteiger partial charge in [-0.1, -0.05) is 57.5 Å². The number of halogens is 2. The molecule has 0 fully saturated rings. The Morgan fingerprint density at radius 3 is 2.82 bits per heavy atom. The van der Waals surface area contributed by atoms with Gasteiger partial charge in [-0.2, -0.15) is 0 Å². The van der Waals surface area contributed by atoms with Gasteiger partial charge >= 0.3 is 0 Å². The molecular weight excluding hydrogens is 460 g/mol. The minimum atomic E-state index is -0.112. The Labute approximate surface area is 181 Å². The van der Waals surface area contributed by atoms with Gasteiger partial charge in [0.05, 0.1) is 10.8 Å². The molecule has 3 aromatic rings. The first-order valence-corrected chi connectivity index (χ1v) is 10.6. The van der Waals surface area contributed by atoms with Crippen molar-refractivity contribution in [1.82, 2.24) is 14.8 Å². The van der Waals surface area contributed by atoms with Crippen molar-refractivity contribution in [3.8, 4) is 11.4 Å². The number of benzene rings is 2. The molecule has 0 aliphatic rings. The van der Waals surface area contributed by atoms with Crippen LogP contribution >= 0.6 is 39.3 Å². The van der Waals surface area contributed by atoms with Crippen molar-refractivity contribution >= 4 is 50.9 Å². The smallest absolute Gasteiger partial charge is 0.234 e. The van der Waals surface area contributed by atoms with Crippen LogP contribution in [0.5, 0.6) is 0 Å². The van der Waals surface area contributed by atoms with E-state index in [1.54, 1.807) is 6.08 Å². The molecule has 1 heterocycles. The molecule has 3 rings (SSSR count). The fourth-order valence-electron chi connectivity index (χ4n) is 2.58. The van der Waals surface area contributed by atoms with E-state index in [1.165, 1.54) is 11.8 Å². The second kappa shape index (κ2) is 9.41. The fourth-order valence-corrected chi connectivity index (χ4v) is 3.80. The number of aryl methyl sites for hydroxylation is 1. The summed E-state index contributed by atoms with van der Waals surface area (Å²) < 4.78 is 2.90. The Hall–Kier alpha value is -2.09. The Morgan fingerprint density at radius 2 is 2.11 bits per heavy atom. The summed E-state index contributed by atoms with van der Waals surface area (Å²) >= 11 is 11.1. The normalized spacial score (nSPS) is 10.7. The quantitative estimate of drug-likeness (QED) is 0.356. The van der Waals surface area contributed by atoms with Crippen LogP contribution < -0.4 is 5.32 Å². The molecule has 0 aliphatic carbocycles. The van der Waals surface area contributed by atoms with Gasteiger partial charge in [-0.15, -0.1) is 16.8 Å². The van der Waals surface area contributed by atoms with E-state index in [0.717, 1.165) is 21.3 Å². The topological polar surface area (TPSA) is 59.8 Å². The van der Waals surface area contributed by atoms with E-state index in [0.29, 0.717) is 22.5 Å². The molecule has 0 unspecified atom stereocenters. The number of carbonyl (C=O) groups excluding carboxylic acids is 1. The summed E-state index contributed by atoms with van der Waals surface area (Å²) in [6, 6.07) is 13.2. The van der Waals surface area contributed by atoms with Crippen molar-refractivity contribution < 1.29 is 4.79 Å². The zero-order valence-electron chi connectivity index (χ0n) is 15.2. The molecule has 0 radical (unpaired) electrons. The molecule has 0 spiro atoms. The highest BCUT2D eigenvalue weighted by Gasteiger charge is 2.16. The van der Waals surface area contributed by atoms with Crippen LogP contribution in [0.1, 0.15) is 5.56 Å². The zero-order chi connectivity index (χ0) is 20.1. The fraction of sp³-hybridized carbons (Fsp3) is 0.150. The first-order valence-electron chi connectivity index (χ1n) is 8.47. The highest BCUT2D eigenvalue weighted by atomic mass is 79.9. The maximum absolute atomic E-state index is 12.3. The van der Waals surface area contributed by atoms with Crippen molar-refractivity contribution in [3.63, 3.8) is 0 Å². The Kier molecular flexibility index (Phi) is 6.93. The molecule has 0 atom stereocenters. The van der Waals surface area contributed by atoms with E-state index < -0.39 is 0 Å². The molecule has 5 nitrogen and oxygen atoms in total. The van der Waals surface area contributed by atoms with Crippen LogP contribution in [0.2, 0.25) is 5.02 Å². The molecule has 0 bridgehead atoms. The Morgan fingerprint density at radius 1 is 1.32 bits per heavy atom. The van der Waals surface area contributed by atoms with Crippen molar-refractivity contribution in [2.24, 2.45) is 0 Å². The Balaban J connectivity index is 1.73. The predicted octanol–water partition coefficient (Wildman–Crippen LogP) is 5.59. The molecule has 1 amide bonds. The number of carbonyl (C=O) groups is 1. The van der Waals surface area contributed by atoms with Crippen molar-refractivity contribution in [1.29, 1.82) is 0 Å². The van der Waals surface area contributed by atoms with Crippen LogP contribution in [0.3, 0.4) is 0 Å². The lowest BCUT2D eigenvalue weighted by atomic mass is 10.2. The van der Waals surface area contributed by atoms with E-state index in [-0.39, 0.29) is 11.7 Å². The third-order valence-electron chi connectivity index (χ3n) is 3.92. The lowest BCUT2D eigenvalue weighted by Crippen LogP contribution is -2.14. The average molecular weight is 478 g/mol. The third-order valence-corrected chi connectivity index (χ3v) is 6.10. The van der Waals surface area contributed by atoms with Gasteiger partial charge in [-0.05, 0) is 42.8 Å². The molecule has 0 saturated carbocycles. The zero-order valence-corrected chi connectivity index (χ0v) is 18.3. The SMILES string of the molecule is C=CCn1c(SCC(=O)Nc2ccc(Br)c(C)c2)nnc1-c1ccccc1Cl. The van der Waals surface area contributed by atoms with E-state index in [2.05, 4.69) is 38.0 Å². The van der Waals surface area contributed by atoms with Crippen LogP contribution in [0.4, 0.5) is 5.69 Å². The van der Waals surface area contributed by atoms with Gasteiger partial charge in [0.15, 0.2) is 11.0 Å². The first-order chi connectivity index (χ1) is 13.5. The number of aromatic nitrogens is 3. The van der Waals surface area contributed by atoms with Gasteiger partial charge in [0, 0.05) is 22.3 Å². The molecule has 8 heteroatoms. The molecule has 2 aromatic carbocycles. The third kappa shape index (κ3) is 4.84. The van der Waals surface area contributed by atoms with Crippen LogP contribution in [0, 0.1) is 6.92 Å². The number of allylic oxidation sites excluding steroid dienone is 1. The van der Waals surface area contributed by atoms with E-state index in [9.17, 15) is 4.79 Å². The van der Waals surface area contributed by atoms with E-state index in [1.807, 2.05) is 54.0 Å². The van der Waals surface area contributed by atoms with Crippen molar-refractivity contribution in [2.45, 2.75) is 18.6 Å². The molecule has 1 N–H and O–H groups in total. The van der Waals surface area contributed by atoms with Gasteiger partial charge in [0.2, 0.25) is 5.91 Å². The van der Waals surface area contributed by atoms with Crippen LogP contribution in [-0.4, -0.2) is 26.4 Å². The highest BCUT2D eigenvalue weighted by Crippen LogP contribution is 2.29. The molecule has 0 saturated heterocycles. The largest absolute Gasteiger partial charge is 0.325 e. The average Bonchev–Trinajstić information content (AvgIpc) is 3.06. The number of nitrogens with zero attached hydrogens (tertiary/aromatic N) is 3. The van der Waals surface area contributed by atoms with Crippen LogP contribution in [0.15, 0.2) is 64.7 Å². The standard InChI is InChI=1S/C20H18BrClN4OS/c1-3-10-26-19(15-6-4-5-7-17(15)22)24-25-20(26)28-12-18(27)23-14-8-9-16(21)13(2)11-14/h3-9,11H,1,10,12H2,2H3,(H,23,27). The number of hydrogen-bond acceptors (Lipinski definition) is 4. The Bertz CT molecular complexity index is 1020. The summed E-state index contributed by atoms with van der Waals surface area (Å²) in [5, 5.41) is 12.6. The maximum atomic E-state index is 12.3. The monoisotopic (exact) mass is 476 g/mol. The van der Waals surface area contributed by atoms with E-state index in [4.69, 9.17) is 11.6 Å². The summed E-state index contributed by atoms with van der Waals surface area (Å²) in [7, 11) is 0. The molecule has 0 aliphatic heterocycles. The van der Waals surface area contributed by atoms with Gasteiger partial charge in [-0.25, -0.2) is 0 Å². The maximum Gasteiger partial charge on any atom is 0.234 e. The number of thioether (sulfide) groups is 1. The number of hydrogen-bond donors (Lipinski definition) is 1. The first kappa shape index (κ1) is 20.6. The minimum Gasteiger partial charge on any atom is -0.325 e. The van der Waals surface area contributed by atoms with Gasteiger partial charge in [-0.3, -0.25) is 9.36 Å². The van der Waals surface area contributed by atoms with Crippen LogP contribution in [-0.2, 0) is 11.3 Å². The summed E-state index contributed by atoms with van der Waals surface area (Å²) in [5.74, 6) is 0.753. The second-order valence-corrected chi connectivity index (χ2v) is 8.19. The highest BCUT2D eigenvalue weighted by molar-refractivity contribution is 9.10. The second-order valence-electron chi connectivity index (χ2n) is 5.99. The number of nitrogens with one attached hydrogen (secondary N) is 1. The lowest BCUT2D eigenvalue weighted by Gasteiger charge is -2.09. The van der Waals surface area contributed by atoms with Crippen LogP contribution in [0.25, 0.3) is 11.4 Å². The minimum absolute atomic E-state index is 0.112. The van der Waals surface area contributed by atoms with Crippen molar-refractivity contribution in [2.75, 3.05) is 11.1 Å². The number of amides is 1. The van der Waals surface area contributed by atoms with Crippen molar-refractivity contribution in [3.05, 3.63) is 70.2 Å². The van der Waals surface area contributed by atoms with Gasteiger partial charge < -0.3 is 5.32 Å². The summed E-state index contributed by atoms with van der Waals surface area (Å²) in [6.45, 7) is 6.29. The van der Waals surface area contributed by atoms with Gasteiger partial charge in [0.25, 0.3) is 0 Å². The number of rotatable bonds is 7. The summed E-state index contributed by atoms with van der Waals surface area (Å²) in [5.41, 5.74) is 2.61. The molecular formula is C20H18BrClN4OS.